The second kappa shape index (κ2) is 8.03. The van der Waals surface area contributed by atoms with Crippen LogP contribution in [0.1, 0.15) is 30.7 Å². The number of morpholine rings is 1. The molecule has 1 saturated heterocycles. The topological polar surface area (TPSA) is 85.6 Å². The van der Waals surface area contributed by atoms with E-state index in [1.807, 2.05) is 12.1 Å². The third-order valence-corrected chi connectivity index (χ3v) is 5.53. The van der Waals surface area contributed by atoms with Crippen LogP contribution >= 0.6 is 0 Å². The zero-order chi connectivity index (χ0) is 21.4. The number of fused-ring (bicyclic) bond motifs is 1. The monoisotopic (exact) mass is 416 g/mol. The summed E-state index contributed by atoms with van der Waals surface area (Å²) >= 11 is 0. The van der Waals surface area contributed by atoms with E-state index in [9.17, 15) is 0 Å². The first-order valence-corrected chi connectivity index (χ1v) is 10.4. The number of methoxy groups -OCH3 is 1. The van der Waals surface area contributed by atoms with Crippen LogP contribution in [0, 0.1) is 0 Å². The molecule has 0 amide bonds. The molecule has 0 N–H and O–H groups in total. The van der Waals surface area contributed by atoms with E-state index in [-0.39, 0.29) is 12.2 Å². The molecule has 158 valence electrons. The Bertz CT molecular complexity index is 1140. The number of benzene rings is 1. The summed E-state index contributed by atoms with van der Waals surface area (Å²) in [6.07, 6.45) is 5.28. The molecule has 0 saturated carbocycles. The minimum absolute atomic E-state index is 0.165. The van der Waals surface area contributed by atoms with Gasteiger partial charge >= 0.3 is 0 Å². The van der Waals surface area contributed by atoms with E-state index in [1.54, 1.807) is 25.8 Å². The largest absolute Gasteiger partial charge is 0.480 e. The van der Waals surface area contributed by atoms with Crippen LogP contribution in [0.25, 0.3) is 11.3 Å². The van der Waals surface area contributed by atoms with Crippen molar-refractivity contribution in [3.05, 3.63) is 59.8 Å². The standard InChI is InChI=1S/C23H24N6O2/c1-14-11-29(12-15(2)31-14)21-7-19(26-13-27-21)23-18-6-16(4-5-17(18)8-25-23)20-9-24-10-22(28-20)30-3/h4-7,9-10,13-15H,8,11-12H2,1-3H3/t14-,15+. The van der Waals surface area contributed by atoms with Gasteiger partial charge in [0.15, 0.2) is 0 Å². The minimum Gasteiger partial charge on any atom is -0.480 e. The van der Waals surface area contributed by atoms with Crippen molar-refractivity contribution in [2.45, 2.75) is 32.6 Å². The molecular formula is C23H24N6O2. The number of aromatic nitrogens is 4. The Hall–Kier alpha value is -3.39. The summed E-state index contributed by atoms with van der Waals surface area (Å²) in [7, 11) is 1.59. The zero-order valence-corrected chi connectivity index (χ0v) is 17.8. The predicted octanol–water partition coefficient (Wildman–Crippen LogP) is 2.91. The third kappa shape index (κ3) is 3.86. The van der Waals surface area contributed by atoms with E-state index < -0.39 is 0 Å². The van der Waals surface area contributed by atoms with Crippen molar-refractivity contribution < 1.29 is 9.47 Å². The maximum Gasteiger partial charge on any atom is 0.232 e. The average molecular weight is 416 g/mol. The van der Waals surface area contributed by atoms with Crippen molar-refractivity contribution >= 4 is 11.5 Å². The highest BCUT2D eigenvalue weighted by molar-refractivity contribution is 6.14. The molecule has 2 aliphatic heterocycles. The predicted molar refractivity (Wildman–Crippen MR) is 118 cm³/mol. The summed E-state index contributed by atoms with van der Waals surface area (Å²) in [6.45, 7) is 6.43. The summed E-state index contributed by atoms with van der Waals surface area (Å²) in [5.74, 6) is 1.39. The first-order chi connectivity index (χ1) is 15.1. The molecule has 8 heteroatoms. The number of hydrogen-bond donors (Lipinski definition) is 0. The molecule has 0 aliphatic carbocycles. The van der Waals surface area contributed by atoms with Crippen molar-refractivity contribution in [1.29, 1.82) is 0 Å². The first kappa shape index (κ1) is 19.6. The van der Waals surface area contributed by atoms with Crippen LogP contribution in [0.5, 0.6) is 5.88 Å². The fraction of sp³-hybridized carbons (Fsp3) is 0.348. The van der Waals surface area contributed by atoms with Crippen LogP contribution in [-0.4, -0.2) is 58.1 Å². The fourth-order valence-corrected chi connectivity index (χ4v) is 4.16. The summed E-state index contributed by atoms with van der Waals surface area (Å²) in [5.41, 5.74) is 5.66. The van der Waals surface area contributed by atoms with Gasteiger partial charge in [-0.05, 0) is 25.5 Å². The van der Waals surface area contributed by atoms with Gasteiger partial charge in [0.2, 0.25) is 5.88 Å². The van der Waals surface area contributed by atoms with Gasteiger partial charge in [-0.3, -0.25) is 9.98 Å². The summed E-state index contributed by atoms with van der Waals surface area (Å²) in [5, 5.41) is 0. The van der Waals surface area contributed by atoms with Gasteiger partial charge in [-0.2, -0.15) is 0 Å². The summed E-state index contributed by atoms with van der Waals surface area (Å²) in [6, 6.07) is 8.26. The van der Waals surface area contributed by atoms with E-state index in [0.717, 1.165) is 47.1 Å². The van der Waals surface area contributed by atoms with Gasteiger partial charge in [0.1, 0.15) is 12.1 Å². The molecule has 8 nitrogen and oxygen atoms in total. The van der Waals surface area contributed by atoms with Gasteiger partial charge in [0.05, 0.1) is 55.4 Å². The number of anilines is 1. The van der Waals surface area contributed by atoms with Crippen LogP contribution in [0.15, 0.2) is 48.0 Å². The van der Waals surface area contributed by atoms with Gasteiger partial charge < -0.3 is 14.4 Å². The van der Waals surface area contributed by atoms with E-state index in [2.05, 4.69) is 50.8 Å². The van der Waals surface area contributed by atoms with Gasteiger partial charge in [0.25, 0.3) is 0 Å². The van der Waals surface area contributed by atoms with E-state index >= 15 is 0 Å². The Morgan fingerprint density at radius 3 is 2.68 bits per heavy atom. The number of nitrogens with zero attached hydrogens (tertiary/aromatic N) is 6. The quantitative estimate of drug-likeness (QED) is 0.646. The molecule has 1 aromatic carbocycles. The zero-order valence-electron chi connectivity index (χ0n) is 17.8. The van der Waals surface area contributed by atoms with Crippen LogP contribution < -0.4 is 9.64 Å². The first-order valence-electron chi connectivity index (χ1n) is 10.4. The van der Waals surface area contributed by atoms with E-state index in [4.69, 9.17) is 14.5 Å². The average Bonchev–Trinajstić information content (AvgIpc) is 3.22. The Balaban J connectivity index is 1.47. The van der Waals surface area contributed by atoms with Crippen molar-refractivity contribution in [3.63, 3.8) is 0 Å². The smallest absolute Gasteiger partial charge is 0.232 e. The Morgan fingerprint density at radius 2 is 1.87 bits per heavy atom. The highest BCUT2D eigenvalue weighted by Gasteiger charge is 2.25. The number of rotatable bonds is 4. The molecule has 2 aliphatic rings. The SMILES string of the molecule is COc1cncc(-c2ccc3c(c2)C(c2cc(N4C[C@@H](C)O[C@@H](C)C4)ncn2)=NC3)n1. The Kier molecular flexibility index (Phi) is 5.07. The molecule has 3 aromatic rings. The van der Waals surface area contributed by atoms with Gasteiger partial charge in [-0.1, -0.05) is 12.1 Å². The molecule has 2 aromatic heterocycles. The van der Waals surface area contributed by atoms with Crippen LogP contribution in [0.2, 0.25) is 0 Å². The lowest BCUT2D eigenvalue weighted by atomic mass is 9.99. The number of ether oxygens (including phenoxy) is 2. The normalized spacial score (nSPS) is 20.4. The Labute approximate surface area is 181 Å². The molecule has 4 heterocycles. The lowest BCUT2D eigenvalue weighted by Gasteiger charge is -2.36. The highest BCUT2D eigenvalue weighted by atomic mass is 16.5. The second-order valence-electron chi connectivity index (χ2n) is 7.91. The maximum atomic E-state index is 5.86. The van der Waals surface area contributed by atoms with Crippen LogP contribution in [0.3, 0.4) is 0 Å². The summed E-state index contributed by atoms with van der Waals surface area (Å²) in [4.78, 5) is 24.8. The second-order valence-corrected chi connectivity index (χ2v) is 7.91. The molecular weight excluding hydrogens is 392 g/mol. The minimum atomic E-state index is 0.165. The van der Waals surface area contributed by atoms with Crippen molar-refractivity contribution in [3.8, 4) is 17.1 Å². The van der Waals surface area contributed by atoms with Crippen LogP contribution in [0.4, 0.5) is 5.82 Å². The van der Waals surface area contributed by atoms with Gasteiger partial charge in [-0.15, -0.1) is 0 Å². The molecule has 0 bridgehead atoms. The lowest BCUT2D eigenvalue weighted by molar-refractivity contribution is -0.00546. The molecule has 5 rings (SSSR count). The molecule has 2 atom stereocenters. The highest BCUT2D eigenvalue weighted by Crippen LogP contribution is 2.29. The van der Waals surface area contributed by atoms with Crippen molar-refractivity contribution in [2.24, 2.45) is 4.99 Å². The number of hydrogen-bond acceptors (Lipinski definition) is 8. The lowest BCUT2D eigenvalue weighted by Crippen LogP contribution is -2.45. The molecule has 0 unspecified atom stereocenters. The van der Waals surface area contributed by atoms with E-state index in [0.29, 0.717) is 12.4 Å². The Morgan fingerprint density at radius 1 is 1.03 bits per heavy atom. The van der Waals surface area contributed by atoms with E-state index in [1.165, 1.54) is 5.56 Å². The van der Waals surface area contributed by atoms with Gasteiger partial charge in [-0.25, -0.2) is 15.0 Å². The van der Waals surface area contributed by atoms with Crippen molar-refractivity contribution in [1.82, 2.24) is 19.9 Å². The third-order valence-electron chi connectivity index (χ3n) is 5.53. The van der Waals surface area contributed by atoms with Crippen molar-refractivity contribution in [2.75, 3.05) is 25.1 Å². The molecule has 0 spiro atoms. The fourth-order valence-electron chi connectivity index (χ4n) is 4.16. The molecule has 1 fully saturated rings. The van der Waals surface area contributed by atoms with Crippen LogP contribution in [-0.2, 0) is 11.3 Å². The maximum absolute atomic E-state index is 5.86. The number of aliphatic imine (C=N–C) groups is 1. The molecule has 31 heavy (non-hydrogen) atoms. The molecule has 0 radical (unpaired) electrons. The van der Waals surface area contributed by atoms with Gasteiger partial charge in [0, 0.05) is 30.3 Å². The summed E-state index contributed by atoms with van der Waals surface area (Å²) < 4.78 is 11.1.